The zero-order valence-corrected chi connectivity index (χ0v) is 13.5. The van der Waals surface area contributed by atoms with Gasteiger partial charge in [0.05, 0.1) is 6.42 Å². The predicted octanol–water partition coefficient (Wildman–Crippen LogP) is 5.07. The van der Waals surface area contributed by atoms with Gasteiger partial charge in [-0.2, -0.15) is 8.78 Å². The minimum atomic E-state index is -2.01. The molecule has 5 heteroatoms. The molecule has 0 amide bonds. The second kappa shape index (κ2) is 6.99. The SMILES string of the molecule is CC(C)c1cc(F)c(C=C(F)F)c(CC(=O)OC(C)(C)C)c1. The molecule has 0 spiro atoms. The number of halogens is 3. The van der Waals surface area contributed by atoms with Crippen molar-refractivity contribution in [2.75, 3.05) is 0 Å². The number of ether oxygens (including phenoxy) is 1. The standard InChI is InChI=1S/C17H21F3O2/c1-10(2)11-6-12(8-16(21)22-17(3,4)5)13(9-15(19)20)14(18)7-11/h6-7,9-10H,8H2,1-5H3. The largest absolute Gasteiger partial charge is 0.460 e. The van der Waals surface area contributed by atoms with Gasteiger partial charge in [0.1, 0.15) is 11.4 Å². The lowest BCUT2D eigenvalue weighted by atomic mass is 9.95. The molecule has 1 rings (SSSR count). The van der Waals surface area contributed by atoms with Crippen LogP contribution in [0.3, 0.4) is 0 Å². The highest BCUT2D eigenvalue weighted by Crippen LogP contribution is 2.26. The zero-order valence-electron chi connectivity index (χ0n) is 13.5. The van der Waals surface area contributed by atoms with Gasteiger partial charge in [-0.15, -0.1) is 0 Å². The average molecular weight is 314 g/mol. The summed E-state index contributed by atoms with van der Waals surface area (Å²) in [7, 11) is 0. The lowest BCUT2D eigenvalue weighted by Gasteiger charge is -2.20. The van der Waals surface area contributed by atoms with Crippen molar-refractivity contribution in [2.24, 2.45) is 0 Å². The number of rotatable bonds is 4. The highest BCUT2D eigenvalue weighted by atomic mass is 19.3. The molecule has 22 heavy (non-hydrogen) atoms. The Bertz CT molecular complexity index is 580. The highest BCUT2D eigenvalue weighted by Gasteiger charge is 2.20. The van der Waals surface area contributed by atoms with Gasteiger partial charge < -0.3 is 4.74 Å². The Morgan fingerprint density at radius 1 is 1.27 bits per heavy atom. The Kier molecular flexibility index (Phi) is 5.80. The first-order chi connectivity index (χ1) is 9.99. The van der Waals surface area contributed by atoms with Crippen LogP contribution < -0.4 is 0 Å². The van der Waals surface area contributed by atoms with Crippen LogP contribution in [0.4, 0.5) is 13.2 Å². The molecule has 0 aliphatic rings. The molecular weight excluding hydrogens is 293 g/mol. The number of hydrogen-bond donors (Lipinski definition) is 0. The van der Waals surface area contributed by atoms with E-state index in [-0.39, 0.29) is 23.5 Å². The summed E-state index contributed by atoms with van der Waals surface area (Å²) < 4.78 is 44.3. The van der Waals surface area contributed by atoms with E-state index in [0.29, 0.717) is 11.6 Å². The summed E-state index contributed by atoms with van der Waals surface area (Å²) in [5.41, 5.74) is -0.111. The molecule has 0 N–H and O–H groups in total. The van der Waals surface area contributed by atoms with E-state index >= 15 is 0 Å². The molecule has 0 bridgehead atoms. The molecular formula is C17H21F3O2. The average Bonchev–Trinajstić information content (AvgIpc) is 2.30. The van der Waals surface area contributed by atoms with Crippen molar-refractivity contribution in [1.82, 2.24) is 0 Å². The molecule has 0 heterocycles. The second-order valence-electron chi connectivity index (χ2n) is 6.43. The summed E-state index contributed by atoms with van der Waals surface area (Å²) in [5, 5.41) is 0. The van der Waals surface area contributed by atoms with Gasteiger partial charge in [0.2, 0.25) is 0 Å². The van der Waals surface area contributed by atoms with Gasteiger partial charge in [0.15, 0.2) is 0 Å². The summed E-state index contributed by atoms with van der Waals surface area (Å²) in [6.07, 6.45) is -1.82. The Labute approximate surface area is 129 Å². The molecule has 0 unspecified atom stereocenters. The maximum absolute atomic E-state index is 14.1. The maximum atomic E-state index is 14.1. The van der Waals surface area contributed by atoms with Crippen LogP contribution in [-0.2, 0) is 16.0 Å². The summed E-state index contributed by atoms with van der Waals surface area (Å²) in [6, 6.07) is 2.80. The summed E-state index contributed by atoms with van der Waals surface area (Å²) in [4.78, 5) is 11.9. The van der Waals surface area contributed by atoms with Crippen molar-refractivity contribution in [2.45, 2.75) is 52.6 Å². The molecule has 1 aromatic rings. The molecule has 0 aliphatic carbocycles. The van der Waals surface area contributed by atoms with Gasteiger partial charge in [0, 0.05) is 11.6 Å². The molecule has 0 atom stereocenters. The first-order valence-corrected chi connectivity index (χ1v) is 7.06. The van der Waals surface area contributed by atoms with E-state index in [2.05, 4.69) is 0 Å². The Balaban J connectivity index is 3.24. The third kappa shape index (κ3) is 5.54. The Morgan fingerprint density at radius 3 is 2.32 bits per heavy atom. The minimum absolute atomic E-state index is 0.0140. The van der Waals surface area contributed by atoms with Crippen molar-refractivity contribution in [3.05, 3.63) is 40.7 Å². The van der Waals surface area contributed by atoms with Gasteiger partial charge in [0.25, 0.3) is 6.08 Å². The molecule has 0 radical (unpaired) electrons. The van der Waals surface area contributed by atoms with Gasteiger partial charge >= 0.3 is 5.97 Å². The highest BCUT2D eigenvalue weighted by molar-refractivity contribution is 5.75. The number of benzene rings is 1. The van der Waals surface area contributed by atoms with Crippen LogP contribution in [-0.4, -0.2) is 11.6 Å². The van der Waals surface area contributed by atoms with Gasteiger partial charge in [-0.3, -0.25) is 4.79 Å². The summed E-state index contributed by atoms with van der Waals surface area (Å²) in [5.74, 6) is -1.33. The Hall–Kier alpha value is -1.78. The van der Waals surface area contributed by atoms with Gasteiger partial charge in [-0.25, -0.2) is 4.39 Å². The van der Waals surface area contributed by atoms with E-state index in [1.807, 2.05) is 13.8 Å². The first-order valence-electron chi connectivity index (χ1n) is 7.06. The molecule has 1 aromatic carbocycles. The van der Waals surface area contributed by atoms with Crippen LogP contribution in [0.1, 0.15) is 57.2 Å². The van der Waals surface area contributed by atoms with E-state index < -0.39 is 23.5 Å². The van der Waals surface area contributed by atoms with Crippen LogP contribution in [0.5, 0.6) is 0 Å². The monoisotopic (exact) mass is 314 g/mol. The molecule has 0 saturated carbocycles. The second-order valence-corrected chi connectivity index (χ2v) is 6.43. The van der Waals surface area contributed by atoms with E-state index in [1.54, 1.807) is 26.8 Å². The quantitative estimate of drug-likeness (QED) is 0.725. The lowest BCUT2D eigenvalue weighted by molar-refractivity contribution is -0.153. The van der Waals surface area contributed by atoms with Crippen LogP contribution in [0.25, 0.3) is 6.08 Å². The van der Waals surface area contributed by atoms with E-state index in [1.165, 1.54) is 6.07 Å². The molecule has 122 valence electrons. The van der Waals surface area contributed by atoms with Crippen LogP contribution in [0.15, 0.2) is 18.2 Å². The van der Waals surface area contributed by atoms with Crippen molar-refractivity contribution >= 4 is 12.0 Å². The molecule has 0 aliphatic heterocycles. The number of carbonyl (C=O) groups excluding carboxylic acids is 1. The van der Waals surface area contributed by atoms with Crippen LogP contribution in [0, 0.1) is 5.82 Å². The fourth-order valence-electron chi connectivity index (χ4n) is 1.98. The Morgan fingerprint density at radius 2 is 1.86 bits per heavy atom. The molecule has 0 saturated heterocycles. The minimum Gasteiger partial charge on any atom is -0.460 e. The molecule has 2 nitrogen and oxygen atoms in total. The van der Waals surface area contributed by atoms with E-state index in [0.717, 1.165) is 0 Å². The topological polar surface area (TPSA) is 26.3 Å². The van der Waals surface area contributed by atoms with Crippen molar-refractivity contribution in [3.8, 4) is 0 Å². The smallest absolute Gasteiger partial charge is 0.310 e. The first kappa shape index (κ1) is 18.3. The third-order valence-corrected chi connectivity index (χ3v) is 2.91. The normalized spacial score (nSPS) is 11.5. The third-order valence-electron chi connectivity index (χ3n) is 2.91. The summed E-state index contributed by atoms with van der Waals surface area (Å²) in [6.45, 7) is 8.84. The van der Waals surface area contributed by atoms with Gasteiger partial charge in [-0.05, 0) is 43.9 Å². The molecule has 0 fully saturated rings. The molecule has 0 aromatic heterocycles. The fraction of sp³-hybridized carbons (Fsp3) is 0.471. The summed E-state index contributed by atoms with van der Waals surface area (Å²) >= 11 is 0. The maximum Gasteiger partial charge on any atom is 0.310 e. The van der Waals surface area contributed by atoms with E-state index in [9.17, 15) is 18.0 Å². The lowest BCUT2D eigenvalue weighted by Crippen LogP contribution is -2.25. The van der Waals surface area contributed by atoms with Crippen LogP contribution >= 0.6 is 0 Å². The predicted molar refractivity (Wildman–Crippen MR) is 80.2 cm³/mol. The van der Waals surface area contributed by atoms with Crippen molar-refractivity contribution in [3.63, 3.8) is 0 Å². The van der Waals surface area contributed by atoms with E-state index in [4.69, 9.17) is 4.74 Å². The number of hydrogen-bond acceptors (Lipinski definition) is 2. The number of esters is 1. The van der Waals surface area contributed by atoms with Crippen molar-refractivity contribution in [1.29, 1.82) is 0 Å². The van der Waals surface area contributed by atoms with Gasteiger partial charge in [-0.1, -0.05) is 19.9 Å². The van der Waals surface area contributed by atoms with Crippen molar-refractivity contribution < 1.29 is 22.7 Å². The fourth-order valence-corrected chi connectivity index (χ4v) is 1.98. The number of carbonyl (C=O) groups is 1. The zero-order chi connectivity index (χ0) is 17.1. The van der Waals surface area contributed by atoms with Crippen LogP contribution in [0.2, 0.25) is 0 Å².